The molecule has 0 bridgehead atoms. The molecule has 2 N–H and O–H groups in total. The Morgan fingerprint density at radius 3 is 2.74 bits per heavy atom. The fourth-order valence-electron chi connectivity index (χ4n) is 2.50. The number of hydrogen-bond acceptors (Lipinski definition) is 4. The number of benzene rings is 2. The Morgan fingerprint density at radius 2 is 2.04 bits per heavy atom. The van der Waals surface area contributed by atoms with Crippen LogP contribution in [0.4, 0.5) is 0 Å². The van der Waals surface area contributed by atoms with Crippen LogP contribution in [0, 0.1) is 11.3 Å². The molecule has 5 heteroatoms. The highest BCUT2D eigenvalue weighted by Gasteiger charge is 2.14. The maximum absolute atomic E-state index is 11.0. The van der Waals surface area contributed by atoms with Gasteiger partial charge in [0.05, 0.1) is 29.6 Å². The number of rotatable bonds is 4. The molecular weight excluding hydrogens is 290 g/mol. The summed E-state index contributed by atoms with van der Waals surface area (Å²) < 4.78 is 0. The van der Waals surface area contributed by atoms with E-state index >= 15 is 0 Å². The lowest BCUT2D eigenvalue weighted by molar-refractivity contribution is 0.0696. The van der Waals surface area contributed by atoms with Gasteiger partial charge >= 0.3 is 5.97 Å². The molecule has 0 aliphatic carbocycles. The number of carboxylic acids is 1. The highest BCUT2D eigenvalue weighted by molar-refractivity contribution is 5.87. The summed E-state index contributed by atoms with van der Waals surface area (Å²) in [4.78, 5) is 13.1. The molecule has 2 aromatic carbocycles. The first-order valence-electron chi connectivity index (χ1n) is 7.18. The Labute approximate surface area is 134 Å². The molecular formula is C18H15N3O2. The third-order valence-corrected chi connectivity index (χ3v) is 3.67. The van der Waals surface area contributed by atoms with Gasteiger partial charge in [0.2, 0.25) is 0 Å². The first-order chi connectivity index (χ1) is 11.2. The molecule has 0 radical (unpaired) electrons. The summed E-state index contributed by atoms with van der Waals surface area (Å²) in [6.45, 7) is 1.29. The van der Waals surface area contributed by atoms with Crippen molar-refractivity contribution in [2.24, 2.45) is 0 Å². The average molecular weight is 305 g/mol. The maximum atomic E-state index is 11.0. The standard InChI is InChI=1S/C18H15N3O2/c19-9-13-4-6-15(7-5-13)17-11-21(12-20-17)10-14-2-1-3-16(8-14)18(22)23/h1-8,11,20H,10,12H2,(H,22,23). The molecule has 3 rings (SSSR count). The van der Waals surface area contributed by atoms with E-state index in [1.54, 1.807) is 30.3 Å². The summed E-state index contributed by atoms with van der Waals surface area (Å²) in [6.07, 6.45) is 2.01. The Bertz CT molecular complexity index is 804. The maximum Gasteiger partial charge on any atom is 0.335 e. The summed E-state index contributed by atoms with van der Waals surface area (Å²) in [7, 11) is 0. The lowest BCUT2D eigenvalue weighted by atomic mass is 10.1. The van der Waals surface area contributed by atoms with Gasteiger partial charge in [-0.2, -0.15) is 5.26 Å². The first kappa shape index (κ1) is 14.7. The molecule has 1 aliphatic rings. The van der Waals surface area contributed by atoms with Crippen molar-refractivity contribution < 1.29 is 9.90 Å². The lowest BCUT2D eigenvalue weighted by Crippen LogP contribution is -2.20. The van der Waals surface area contributed by atoms with Crippen LogP contribution in [-0.2, 0) is 6.54 Å². The Kier molecular flexibility index (Phi) is 3.98. The zero-order valence-electron chi connectivity index (χ0n) is 12.4. The van der Waals surface area contributed by atoms with Crippen molar-refractivity contribution in [3.63, 3.8) is 0 Å². The lowest BCUT2D eigenvalue weighted by Gasteiger charge is -2.14. The SMILES string of the molecule is N#Cc1ccc(C2=CN(Cc3cccc(C(=O)O)c3)CN2)cc1. The van der Waals surface area contributed by atoms with Crippen LogP contribution < -0.4 is 5.32 Å². The Hall–Kier alpha value is -3.26. The smallest absolute Gasteiger partial charge is 0.335 e. The molecule has 0 unspecified atom stereocenters. The number of hydrogen-bond donors (Lipinski definition) is 2. The van der Waals surface area contributed by atoms with Crippen molar-refractivity contribution in [2.45, 2.75) is 6.54 Å². The molecule has 1 aliphatic heterocycles. The van der Waals surface area contributed by atoms with E-state index in [0.29, 0.717) is 24.3 Å². The summed E-state index contributed by atoms with van der Waals surface area (Å²) in [5.41, 5.74) is 3.89. The number of carboxylic acid groups (broad SMARTS) is 1. The average Bonchev–Trinajstić information content (AvgIpc) is 3.03. The van der Waals surface area contributed by atoms with E-state index < -0.39 is 5.97 Å². The van der Waals surface area contributed by atoms with Gasteiger partial charge in [-0.25, -0.2) is 4.79 Å². The second-order valence-electron chi connectivity index (χ2n) is 5.32. The summed E-state index contributed by atoms with van der Waals surface area (Å²) in [5.74, 6) is -0.916. The number of nitriles is 1. The quantitative estimate of drug-likeness (QED) is 0.908. The van der Waals surface area contributed by atoms with Gasteiger partial charge in [0.25, 0.3) is 0 Å². The highest BCUT2D eigenvalue weighted by atomic mass is 16.4. The van der Waals surface area contributed by atoms with Crippen LogP contribution in [0.25, 0.3) is 5.70 Å². The zero-order valence-corrected chi connectivity index (χ0v) is 12.4. The number of nitrogens with one attached hydrogen (secondary N) is 1. The van der Waals surface area contributed by atoms with E-state index in [-0.39, 0.29) is 0 Å². The number of carbonyl (C=O) groups is 1. The molecule has 0 amide bonds. The van der Waals surface area contributed by atoms with Gasteiger partial charge in [0.1, 0.15) is 0 Å². The summed E-state index contributed by atoms with van der Waals surface area (Å²) in [6, 6.07) is 16.5. The molecule has 0 spiro atoms. The van der Waals surface area contributed by atoms with Crippen LogP contribution >= 0.6 is 0 Å². The molecule has 5 nitrogen and oxygen atoms in total. The van der Waals surface area contributed by atoms with E-state index in [9.17, 15) is 4.79 Å². The van der Waals surface area contributed by atoms with Gasteiger partial charge < -0.3 is 15.3 Å². The minimum Gasteiger partial charge on any atom is -0.478 e. The van der Waals surface area contributed by atoms with E-state index in [1.165, 1.54) is 0 Å². The molecule has 23 heavy (non-hydrogen) atoms. The van der Waals surface area contributed by atoms with Crippen molar-refractivity contribution in [3.8, 4) is 6.07 Å². The van der Waals surface area contributed by atoms with Crippen LogP contribution in [-0.4, -0.2) is 22.6 Å². The Morgan fingerprint density at radius 1 is 1.26 bits per heavy atom. The van der Waals surface area contributed by atoms with Gasteiger partial charge in [0.15, 0.2) is 0 Å². The van der Waals surface area contributed by atoms with Crippen LogP contribution in [0.1, 0.15) is 27.0 Å². The van der Waals surface area contributed by atoms with Crippen molar-refractivity contribution in [2.75, 3.05) is 6.67 Å². The van der Waals surface area contributed by atoms with Gasteiger partial charge in [-0.3, -0.25) is 0 Å². The van der Waals surface area contributed by atoms with Crippen LogP contribution in [0.15, 0.2) is 54.7 Å². The summed E-state index contributed by atoms with van der Waals surface area (Å²) in [5, 5.41) is 21.2. The molecule has 0 aromatic heterocycles. The second kappa shape index (κ2) is 6.24. The van der Waals surface area contributed by atoms with Gasteiger partial charge in [-0.15, -0.1) is 0 Å². The van der Waals surface area contributed by atoms with E-state index in [0.717, 1.165) is 16.8 Å². The van der Waals surface area contributed by atoms with Crippen molar-refractivity contribution in [1.82, 2.24) is 10.2 Å². The van der Waals surface area contributed by atoms with Crippen LogP contribution in [0.3, 0.4) is 0 Å². The second-order valence-corrected chi connectivity index (χ2v) is 5.32. The zero-order chi connectivity index (χ0) is 16.2. The number of nitrogens with zero attached hydrogens (tertiary/aromatic N) is 2. The fraction of sp³-hybridized carbons (Fsp3) is 0.111. The predicted octanol–water partition coefficient (Wildman–Crippen LogP) is 2.62. The summed E-state index contributed by atoms with van der Waals surface area (Å²) >= 11 is 0. The Balaban J connectivity index is 1.73. The van der Waals surface area contributed by atoms with Crippen molar-refractivity contribution in [3.05, 3.63) is 77.0 Å². The van der Waals surface area contributed by atoms with Crippen LogP contribution in [0.2, 0.25) is 0 Å². The van der Waals surface area contributed by atoms with E-state index in [2.05, 4.69) is 16.3 Å². The number of aromatic carboxylic acids is 1. The van der Waals surface area contributed by atoms with E-state index in [4.69, 9.17) is 10.4 Å². The minimum atomic E-state index is -0.916. The monoisotopic (exact) mass is 305 g/mol. The third-order valence-electron chi connectivity index (χ3n) is 3.67. The largest absolute Gasteiger partial charge is 0.478 e. The molecule has 114 valence electrons. The van der Waals surface area contributed by atoms with Gasteiger partial charge in [0, 0.05) is 12.7 Å². The van der Waals surface area contributed by atoms with Gasteiger partial charge in [-0.1, -0.05) is 24.3 Å². The predicted molar refractivity (Wildman–Crippen MR) is 86.1 cm³/mol. The fourth-order valence-corrected chi connectivity index (χ4v) is 2.50. The van der Waals surface area contributed by atoms with Crippen molar-refractivity contribution >= 4 is 11.7 Å². The highest BCUT2D eigenvalue weighted by Crippen LogP contribution is 2.19. The third kappa shape index (κ3) is 3.33. The van der Waals surface area contributed by atoms with E-state index in [1.807, 2.05) is 24.4 Å². The van der Waals surface area contributed by atoms with Crippen molar-refractivity contribution in [1.29, 1.82) is 5.26 Å². The van der Waals surface area contributed by atoms with Crippen LogP contribution in [0.5, 0.6) is 0 Å². The molecule has 0 saturated carbocycles. The molecule has 1 heterocycles. The molecule has 0 fully saturated rings. The topological polar surface area (TPSA) is 76.4 Å². The molecule has 2 aromatic rings. The molecule has 0 atom stereocenters. The first-order valence-corrected chi connectivity index (χ1v) is 7.18. The minimum absolute atomic E-state index is 0.297. The van der Waals surface area contributed by atoms with Gasteiger partial charge in [-0.05, 0) is 35.4 Å². The normalized spacial score (nSPS) is 13.2. The molecule has 0 saturated heterocycles.